The summed E-state index contributed by atoms with van der Waals surface area (Å²) in [4.78, 5) is 16.9. The number of nitrogens with zero attached hydrogens (tertiary/aromatic N) is 4. The Kier molecular flexibility index (Phi) is 5.06. The minimum absolute atomic E-state index is 0.0721. The van der Waals surface area contributed by atoms with Crippen LogP contribution in [0.2, 0.25) is 0 Å². The number of rotatable bonds is 5. The first-order chi connectivity index (χ1) is 14.5. The summed E-state index contributed by atoms with van der Waals surface area (Å²) in [7, 11) is 0. The summed E-state index contributed by atoms with van der Waals surface area (Å²) in [6, 6.07) is -0.932. The lowest BCUT2D eigenvalue weighted by Gasteiger charge is -2.31. The summed E-state index contributed by atoms with van der Waals surface area (Å²) < 4.78 is 41.3. The highest BCUT2D eigenvalue weighted by Crippen LogP contribution is 2.31. The van der Waals surface area contributed by atoms with Gasteiger partial charge in [-0.3, -0.25) is 9.89 Å². The number of halogens is 3. The van der Waals surface area contributed by atoms with E-state index in [1.54, 1.807) is 40.9 Å². The predicted molar refractivity (Wildman–Crippen MR) is 107 cm³/mol. The third-order valence-corrected chi connectivity index (χ3v) is 5.56. The molecule has 0 spiro atoms. The van der Waals surface area contributed by atoms with Gasteiger partial charge in [-0.15, -0.1) is 11.3 Å². The minimum atomic E-state index is -4.80. The van der Waals surface area contributed by atoms with Crippen molar-refractivity contribution in [3.63, 3.8) is 0 Å². The van der Waals surface area contributed by atoms with E-state index in [0.717, 1.165) is 36.3 Å². The van der Waals surface area contributed by atoms with Gasteiger partial charge in [-0.1, -0.05) is 0 Å². The minimum Gasteiger partial charge on any atom is -0.388 e. The molecule has 0 saturated carbocycles. The topological polar surface area (TPSA) is 108 Å². The first-order valence-electron chi connectivity index (χ1n) is 9.05. The number of aliphatic hydroxyl groups is 1. The van der Waals surface area contributed by atoms with Gasteiger partial charge in [-0.05, 0) is 30.9 Å². The van der Waals surface area contributed by atoms with Crippen molar-refractivity contribution in [1.82, 2.24) is 30.1 Å². The van der Waals surface area contributed by atoms with Gasteiger partial charge in [0.2, 0.25) is 0 Å². The number of H-pyrrole nitrogens is 1. The highest BCUT2D eigenvalue weighted by Gasteiger charge is 2.49. The molecule has 0 saturated heterocycles. The fourth-order valence-corrected chi connectivity index (χ4v) is 3.90. The highest BCUT2D eigenvalue weighted by atomic mass is 32.1. The quantitative estimate of drug-likeness (QED) is 0.433. The zero-order valence-electron chi connectivity index (χ0n) is 16.3. The number of nitrogens with one attached hydrogen (secondary N) is 2. The molecule has 0 aliphatic carbocycles. The number of alkyl halides is 3. The van der Waals surface area contributed by atoms with E-state index in [2.05, 4.69) is 20.3 Å². The molecule has 0 fully saturated rings. The summed E-state index contributed by atoms with van der Waals surface area (Å²) >= 11 is 0.991. The van der Waals surface area contributed by atoms with Gasteiger partial charge < -0.3 is 10.4 Å². The van der Waals surface area contributed by atoms with Gasteiger partial charge >= 0.3 is 6.18 Å². The van der Waals surface area contributed by atoms with E-state index in [9.17, 15) is 23.1 Å². The molecule has 0 radical (unpaired) electrons. The highest BCUT2D eigenvalue weighted by molar-refractivity contribution is 7.12. The zero-order valence-corrected chi connectivity index (χ0v) is 17.1. The van der Waals surface area contributed by atoms with E-state index in [1.165, 1.54) is 6.07 Å². The summed E-state index contributed by atoms with van der Waals surface area (Å²) in [6.45, 7) is 1.99. The SMILES string of the molecule is CC(C)(O)C(NC(=O)c1cc(-c2cnn3cc(-c4cn[nH]c4)cnc23)cs1)C(F)(F)F. The molecule has 0 bridgehead atoms. The second kappa shape index (κ2) is 7.46. The van der Waals surface area contributed by atoms with Crippen molar-refractivity contribution in [1.29, 1.82) is 0 Å². The Bertz CT molecular complexity index is 1210. The maximum atomic E-state index is 13.2. The molecule has 4 aromatic heterocycles. The largest absolute Gasteiger partial charge is 0.411 e. The van der Waals surface area contributed by atoms with Crippen molar-refractivity contribution in [2.24, 2.45) is 0 Å². The molecule has 4 heterocycles. The van der Waals surface area contributed by atoms with Crippen LogP contribution in [0.5, 0.6) is 0 Å². The van der Waals surface area contributed by atoms with Gasteiger partial charge in [0.1, 0.15) is 0 Å². The summed E-state index contributed by atoms with van der Waals surface area (Å²) in [5, 5.41) is 24.2. The summed E-state index contributed by atoms with van der Waals surface area (Å²) in [5.41, 5.74) is 1.22. The van der Waals surface area contributed by atoms with Crippen LogP contribution in [-0.4, -0.2) is 53.6 Å². The third-order valence-electron chi connectivity index (χ3n) is 4.63. The van der Waals surface area contributed by atoms with E-state index in [0.29, 0.717) is 16.8 Å². The molecular formula is C19H17F3N6O2S. The van der Waals surface area contributed by atoms with Crippen molar-refractivity contribution in [3.8, 4) is 22.3 Å². The Labute approximate surface area is 177 Å². The monoisotopic (exact) mass is 450 g/mol. The number of fused-ring (bicyclic) bond motifs is 1. The van der Waals surface area contributed by atoms with Gasteiger partial charge in [0.05, 0.1) is 22.9 Å². The van der Waals surface area contributed by atoms with E-state index in [4.69, 9.17) is 0 Å². The molecule has 12 heteroatoms. The van der Waals surface area contributed by atoms with Gasteiger partial charge in [-0.2, -0.15) is 23.4 Å². The zero-order chi connectivity index (χ0) is 22.4. The van der Waals surface area contributed by atoms with Crippen molar-refractivity contribution in [2.75, 3.05) is 0 Å². The smallest absolute Gasteiger partial charge is 0.388 e. The van der Waals surface area contributed by atoms with E-state index in [1.807, 2.05) is 5.32 Å². The average molecular weight is 450 g/mol. The molecule has 1 unspecified atom stereocenters. The second-order valence-electron chi connectivity index (χ2n) is 7.46. The van der Waals surface area contributed by atoms with E-state index >= 15 is 0 Å². The average Bonchev–Trinajstić information content (AvgIpc) is 3.43. The van der Waals surface area contributed by atoms with Gasteiger partial charge in [0.25, 0.3) is 5.91 Å². The molecule has 8 nitrogen and oxygen atoms in total. The number of carbonyl (C=O) groups is 1. The fourth-order valence-electron chi connectivity index (χ4n) is 3.09. The van der Waals surface area contributed by atoms with Crippen LogP contribution in [0.25, 0.3) is 27.9 Å². The number of aromatic nitrogens is 5. The molecule has 1 atom stereocenters. The van der Waals surface area contributed by atoms with E-state index in [-0.39, 0.29) is 4.88 Å². The lowest BCUT2D eigenvalue weighted by molar-refractivity contribution is -0.192. The first-order valence-corrected chi connectivity index (χ1v) is 9.93. The molecule has 4 rings (SSSR count). The molecule has 1 amide bonds. The van der Waals surface area contributed by atoms with Crippen molar-refractivity contribution in [2.45, 2.75) is 31.7 Å². The van der Waals surface area contributed by atoms with Gasteiger partial charge in [0.15, 0.2) is 11.7 Å². The van der Waals surface area contributed by atoms with Gasteiger partial charge in [-0.25, -0.2) is 9.50 Å². The van der Waals surface area contributed by atoms with Crippen molar-refractivity contribution >= 4 is 22.9 Å². The fraction of sp³-hybridized carbons (Fsp3) is 0.263. The van der Waals surface area contributed by atoms with Crippen molar-refractivity contribution < 1.29 is 23.1 Å². The lowest BCUT2D eigenvalue weighted by atomic mass is 9.98. The Balaban J connectivity index is 1.60. The van der Waals surface area contributed by atoms with Crippen LogP contribution >= 0.6 is 11.3 Å². The number of carbonyl (C=O) groups excluding carboxylic acids is 1. The lowest BCUT2D eigenvalue weighted by Crippen LogP contribution is -2.57. The van der Waals surface area contributed by atoms with Crippen LogP contribution in [0.15, 0.2) is 42.4 Å². The van der Waals surface area contributed by atoms with Crippen molar-refractivity contribution in [3.05, 3.63) is 47.3 Å². The maximum Gasteiger partial charge on any atom is 0.411 e. The molecule has 4 aromatic rings. The predicted octanol–water partition coefficient (Wildman–Crippen LogP) is 3.28. The van der Waals surface area contributed by atoms with Crippen LogP contribution < -0.4 is 5.32 Å². The molecule has 162 valence electrons. The Morgan fingerprint density at radius 2 is 2.00 bits per heavy atom. The number of hydrogen-bond acceptors (Lipinski definition) is 6. The number of aromatic amines is 1. The molecule has 31 heavy (non-hydrogen) atoms. The van der Waals surface area contributed by atoms with Crippen LogP contribution in [-0.2, 0) is 0 Å². The number of thiophene rings is 1. The molecule has 0 aliphatic heterocycles. The normalized spacial score (nSPS) is 13.5. The molecule has 0 aliphatic rings. The second-order valence-corrected chi connectivity index (χ2v) is 8.37. The molecular weight excluding hydrogens is 433 g/mol. The summed E-state index contributed by atoms with van der Waals surface area (Å²) in [6.07, 6.45) is 3.57. The number of hydrogen-bond donors (Lipinski definition) is 3. The number of amides is 1. The van der Waals surface area contributed by atoms with Gasteiger partial charge in [0, 0.05) is 35.3 Å². The molecule has 0 aromatic carbocycles. The third kappa shape index (κ3) is 4.16. The maximum absolute atomic E-state index is 13.2. The molecule has 3 N–H and O–H groups in total. The van der Waals surface area contributed by atoms with Crippen LogP contribution in [0.1, 0.15) is 23.5 Å². The first kappa shape index (κ1) is 21.0. The Hall–Kier alpha value is -3.25. The Morgan fingerprint density at radius 1 is 1.23 bits per heavy atom. The van der Waals surface area contributed by atoms with E-state index < -0.39 is 23.7 Å². The van der Waals surface area contributed by atoms with Crippen LogP contribution in [0.3, 0.4) is 0 Å². The van der Waals surface area contributed by atoms with Crippen LogP contribution in [0, 0.1) is 0 Å². The summed E-state index contributed by atoms with van der Waals surface area (Å²) in [5.74, 6) is -0.924. The van der Waals surface area contributed by atoms with Crippen LogP contribution in [0.4, 0.5) is 13.2 Å². The standard InChI is InChI=1S/C19H17F3N6O2S/c1-18(2,30)17(19(20,21)22)27-16(29)14-3-10(9-31-14)13-7-26-28-8-12(4-23-15(13)28)11-5-24-25-6-11/h3-9,17,30H,1-2H3,(H,24,25)(H,27,29). The Morgan fingerprint density at radius 3 is 2.65 bits per heavy atom.